The molecule has 0 aliphatic carbocycles. The van der Waals surface area contributed by atoms with E-state index in [1.165, 1.54) is 5.56 Å². The number of nitrogens with one attached hydrogen (secondary N) is 1. The molecule has 1 atom stereocenters. The number of aromatic nitrogens is 1. The number of pyridine rings is 1. The van der Waals surface area contributed by atoms with Gasteiger partial charge in [-0.05, 0) is 42.7 Å². The average molecular weight is 336 g/mol. The molecule has 1 aromatic heterocycles. The Balaban J connectivity index is 2.38. The van der Waals surface area contributed by atoms with E-state index in [0.717, 1.165) is 21.3 Å². The number of nitrogens with zero attached hydrogens (tertiary/aromatic N) is 1. The fourth-order valence-corrected chi connectivity index (χ4v) is 2.79. The number of rotatable bonds is 5. The van der Waals surface area contributed by atoms with Crippen LogP contribution in [0.25, 0.3) is 0 Å². The first-order chi connectivity index (χ1) is 9.65. The third-order valence-electron chi connectivity index (χ3n) is 3.01. The predicted molar refractivity (Wildman–Crippen MR) is 83.5 cm³/mol. The molecule has 20 heavy (non-hydrogen) atoms. The molecule has 2 aromatic rings. The molecular weight excluding hydrogens is 318 g/mol. The number of hydrogen-bond acceptors (Lipinski definition) is 4. The van der Waals surface area contributed by atoms with Crippen LogP contribution in [-0.2, 0) is 0 Å². The van der Waals surface area contributed by atoms with E-state index in [0.29, 0.717) is 6.61 Å². The van der Waals surface area contributed by atoms with E-state index in [1.807, 2.05) is 13.0 Å². The van der Waals surface area contributed by atoms with E-state index < -0.39 is 0 Å². The van der Waals surface area contributed by atoms with Crippen LogP contribution in [0.1, 0.15) is 29.7 Å². The summed E-state index contributed by atoms with van der Waals surface area (Å²) in [6.45, 7) is 4.61. The molecule has 0 saturated heterocycles. The molecule has 0 radical (unpaired) electrons. The van der Waals surface area contributed by atoms with Gasteiger partial charge in [-0.1, -0.05) is 28.1 Å². The van der Waals surface area contributed by atoms with Crippen molar-refractivity contribution in [3.8, 4) is 5.75 Å². The van der Waals surface area contributed by atoms with Gasteiger partial charge in [-0.3, -0.25) is 10.8 Å². The number of ether oxygens (including phenoxy) is 1. The van der Waals surface area contributed by atoms with Gasteiger partial charge in [0.2, 0.25) is 0 Å². The van der Waals surface area contributed by atoms with Gasteiger partial charge in [0.05, 0.1) is 18.8 Å². The Morgan fingerprint density at radius 1 is 1.35 bits per heavy atom. The van der Waals surface area contributed by atoms with Crippen LogP contribution in [0.2, 0.25) is 0 Å². The van der Waals surface area contributed by atoms with Crippen molar-refractivity contribution in [3.05, 3.63) is 57.8 Å². The highest BCUT2D eigenvalue weighted by molar-refractivity contribution is 9.10. The Bertz CT molecular complexity index is 589. The van der Waals surface area contributed by atoms with Gasteiger partial charge >= 0.3 is 0 Å². The van der Waals surface area contributed by atoms with Crippen LogP contribution in [0.15, 0.2) is 41.1 Å². The lowest BCUT2D eigenvalue weighted by molar-refractivity contribution is 0.338. The summed E-state index contributed by atoms with van der Waals surface area (Å²) in [6.07, 6.45) is 3.49. The van der Waals surface area contributed by atoms with Crippen molar-refractivity contribution >= 4 is 15.9 Å². The average Bonchev–Trinajstić information content (AvgIpc) is 2.43. The van der Waals surface area contributed by atoms with Crippen LogP contribution in [0.5, 0.6) is 5.75 Å². The minimum absolute atomic E-state index is 0.141. The van der Waals surface area contributed by atoms with Crippen molar-refractivity contribution in [1.82, 2.24) is 10.4 Å². The van der Waals surface area contributed by atoms with Crippen molar-refractivity contribution in [3.63, 3.8) is 0 Å². The maximum absolute atomic E-state index is 5.73. The predicted octanol–water partition coefficient (Wildman–Crippen LogP) is 3.10. The molecule has 1 aromatic carbocycles. The van der Waals surface area contributed by atoms with Gasteiger partial charge in [-0.25, -0.2) is 5.43 Å². The summed E-state index contributed by atoms with van der Waals surface area (Å²) in [4.78, 5) is 4.21. The second kappa shape index (κ2) is 6.83. The van der Waals surface area contributed by atoms with Crippen molar-refractivity contribution in [2.24, 2.45) is 5.84 Å². The fourth-order valence-electron chi connectivity index (χ4n) is 2.07. The summed E-state index contributed by atoms with van der Waals surface area (Å²) < 4.78 is 6.50. The van der Waals surface area contributed by atoms with E-state index in [4.69, 9.17) is 10.6 Å². The summed E-state index contributed by atoms with van der Waals surface area (Å²) in [5.74, 6) is 6.47. The highest BCUT2D eigenvalue weighted by atomic mass is 79.9. The molecule has 1 unspecified atom stereocenters. The van der Waals surface area contributed by atoms with Crippen LogP contribution < -0.4 is 16.0 Å². The smallest absolute Gasteiger partial charge is 0.137 e. The highest BCUT2D eigenvalue weighted by Crippen LogP contribution is 2.29. The van der Waals surface area contributed by atoms with Crippen LogP contribution in [0.4, 0.5) is 0 Å². The molecule has 106 valence electrons. The van der Waals surface area contributed by atoms with Gasteiger partial charge in [0, 0.05) is 10.7 Å². The molecule has 1 heterocycles. The molecule has 0 fully saturated rings. The molecular formula is C15H18BrN3O. The third kappa shape index (κ3) is 3.36. The van der Waals surface area contributed by atoms with Gasteiger partial charge in [0.25, 0.3) is 0 Å². The molecule has 2 rings (SSSR count). The molecule has 0 aliphatic heterocycles. The summed E-state index contributed by atoms with van der Waals surface area (Å²) >= 11 is 3.59. The number of benzene rings is 1. The first kappa shape index (κ1) is 15.0. The molecule has 0 spiro atoms. The quantitative estimate of drug-likeness (QED) is 0.651. The standard InChI is InChI=1S/C15H18BrN3O/c1-3-20-12-7-11(8-18-9-12)15(19-17)13-5-4-10(2)6-14(13)16/h4-9,15,19H,3,17H2,1-2H3. The number of nitrogens with two attached hydrogens (primary N) is 1. The van der Waals surface area contributed by atoms with Gasteiger partial charge in [-0.2, -0.15) is 0 Å². The third-order valence-corrected chi connectivity index (χ3v) is 3.70. The molecule has 4 nitrogen and oxygen atoms in total. The Kier molecular flexibility index (Phi) is 5.11. The summed E-state index contributed by atoms with van der Waals surface area (Å²) in [6, 6.07) is 7.99. The summed E-state index contributed by atoms with van der Waals surface area (Å²) in [5.41, 5.74) is 6.06. The summed E-state index contributed by atoms with van der Waals surface area (Å²) in [5, 5.41) is 0. The van der Waals surface area contributed by atoms with E-state index in [-0.39, 0.29) is 6.04 Å². The van der Waals surface area contributed by atoms with Crippen molar-refractivity contribution in [2.75, 3.05) is 6.61 Å². The van der Waals surface area contributed by atoms with E-state index in [1.54, 1.807) is 12.4 Å². The molecule has 0 amide bonds. The number of aryl methyl sites for hydroxylation is 1. The Labute approximate surface area is 127 Å². The van der Waals surface area contributed by atoms with Crippen LogP contribution in [-0.4, -0.2) is 11.6 Å². The Morgan fingerprint density at radius 3 is 2.80 bits per heavy atom. The molecule has 3 N–H and O–H groups in total. The number of halogens is 1. The van der Waals surface area contributed by atoms with Gasteiger partial charge in [0.15, 0.2) is 0 Å². The highest BCUT2D eigenvalue weighted by Gasteiger charge is 2.16. The Morgan fingerprint density at radius 2 is 2.15 bits per heavy atom. The zero-order chi connectivity index (χ0) is 14.5. The first-order valence-electron chi connectivity index (χ1n) is 6.45. The fraction of sp³-hybridized carbons (Fsp3) is 0.267. The molecule has 0 aliphatic rings. The lowest BCUT2D eigenvalue weighted by Gasteiger charge is -2.19. The zero-order valence-electron chi connectivity index (χ0n) is 11.6. The molecule has 0 bridgehead atoms. The minimum atomic E-state index is -0.141. The van der Waals surface area contributed by atoms with Crippen molar-refractivity contribution in [1.29, 1.82) is 0 Å². The first-order valence-corrected chi connectivity index (χ1v) is 7.25. The van der Waals surface area contributed by atoms with Crippen LogP contribution in [0.3, 0.4) is 0 Å². The van der Waals surface area contributed by atoms with E-state index >= 15 is 0 Å². The number of hydrogen-bond donors (Lipinski definition) is 2. The SMILES string of the molecule is CCOc1cncc(C(NN)c2ccc(C)cc2Br)c1. The zero-order valence-corrected chi connectivity index (χ0v) is 13.1. The lowest BCUT2D eigenvalue weighted by atomic mass is 9.99. The Hall–Kier alpha value is -1.43. The normalized spacial score (nSPS) is 12.2. The van der Waals surface area contributed by atoms with Crippen molar-refractivity contribution < 1.29 is 4.74 Å². The maximum atomic E-state index is 5.73. The van der Waals surface area contributed by atoms with E-state index in [2.05, 4.69) is 51.5 Å². The summed E-state index contributed by atoms with van der Waals surface area (Å²) in [7, 11) is 0. The van der Waals surface area contributed by atoms with Gasteiger partial charge in [-0.15, -0.1) is 0 Å². The largest absolute Gasteiger partial charge is 0.492 e. The topological polar surface area (TPSA) is 60.2 Å². The van der Waals surface area contributed by atoms with Gasteiger partial charge < -0.3 is 4.74 Å². The molecule has 5 heteroatoms. The second-order valence-electron chi connectivity index (χ2n) is 4.51. The molecule has 0 saturated carbocycles. The van der Waals surface area contributed by atoms with E-state index in [9.17, 15) is 0 Å². The van der Waals surface area contributed by atoms with Crippen molar-refractivity contribution in [2.45, 2.75) is 19.9 Å². The van der Waals surface area contributed by atoms with Crippen LogP contribution >= 0.6 is 15.9 Å². The van der Waals surface area contributed by atoms with Crippen LogP contribution in [0, 0.1) is 6.92 Å². The lowest BCUT2D eigenvalue weighted by Crippen LogP contribution is -2.29. The van der Waals surface area contributed by atoms with Gasteiger partial charge in [0.1, 0.15) is 5.75 Å². The minimum Gasteiger partial charge on any atom is -0.492 e. The maximum Gasteiger partial charge on any atom is 0.137 e. The monoisotopic (exact) mass is 335 g/mol. The number of hydrazine groups is 1. The second-order valence-corrected chi connectivity index (χ2v) is 5.37.